The van der Waals surface area contributed by atoms with Gasteiger partial charge in [-0.3, -0.25) is 0 Å². The van der Waals surface area contributed by atoms with E-state index in [2.05, 4.69) is 62.9 Å². The number of hydrogen-bond donors (Lipinski definition) is 2. The summed E-state index contributed by atoms with van der Waals surface area (Å²) in [5.74, 6) is 2.26. The number of ether oxygens (including phenoxy) is 1. The van der Waals surface area contributed by atoms with Crippen molar-refractivity contribution in [1.82, 2.24) is 14.9 Å². The lowest BCUT2D eigenvalue weighted by atomic mass is 9.88. The maximum absolute atomic E-state index is 12.5. The minimum absolute atomic E-state index is 0.205. The molecule has 9 nitrogen and oxygen atoms in total. The number of rotatable bonds is 9. The van der Waals surface area contributed by atoms with E-state index in [1.807, 2.05) is 30.3 Å². The van der Waals surface area contributed by atoms with E-state index in [9.17, 15) is 8.42 Å². The van der Waals surface area contributed by atoms with Gasteiger partial charge in [0.25, 0.3) is 0 Å². The van der Waals surface area contributed by atoms with Crippen molar-refractivity contribution in [3.8, 4) is 5.75 Å². The molecule has 2 fully saturated rings. The molecule has 0 saturated carbocycles. The van der Waals surface area contributed by atoms with Crippen molar-refractivity contribution in [2.75, 3.05) is 55.1 Å². The van der Waals surface area contributed by atoms with Crippen molar-refractivity contribution < 1.29 is 13.2 Å². The van der Waals surface area contributed by atoms with Crippen LogP contribution < -0.4 is 20.3 Å². The fourth-order valence-corrected chi connectivity index (χ4v) is 8.01. The zero-order chi connectivity index (χ0) is 33.1. The topological polar surface area (TPSA) is 99.7 Å². The molecule has 0 amide bonds. The summed E-state index contributed by atoms with van der Waals surface area (Å²) in [5, 5.41) is 7.38. The molecule has 0 atom stereocenters. The number of fused-ring (bicyclic) bond motifs is 1. The third-order valence-electron chi connectivity index (χ3n) is 9.72. The van der Waals surface area contributed by atoms with E-state index in [4.69, 9.17) is 14.7 Å². The van der Waals surface area contributed by atoms with Crippen LogP contribution in [0.1, 0.15) is 37.2 Å². The Morgan fingerprint density at radius 1 is 0.750 bits per heavy atom. The van der Waals surface area contributed by atoms with Crippen LogP contribution in [0.15, 0.2) is 102 Å². The summed E-state index contributed by atoms with van der Waals surface area (Å²) in [6, 6.07) is 32.3. The molecule has 0 bridgehead atoms. The van der Waals surface area contributed by atoms with Gasteiger partial charge in [-0.15, -0.1) is 0 Å². The first kappa shape index (κ1) is 31.9. The Morgan fingerprint density at radius 3 is 2.21 bits per heavy atom. The highest BCUT2D eigenvalue weighted by molar-refractivity contribution is 7.90. The van der Waals surface area contributed by atoms with Gasteiger partial charge in [0.1, 0.15) is 11.6 Å². The molecule has 1 aromatic heterocycles. The molecule has 5 aromatic rings. The molecule has 2 aliphatic rings. The van der Waals surface area contributed by atoms with Crippen molar-refractivity contribution in [1.29, 1.82) is 0 Å². The fraction of sp³-hybridized carbons (Fsp3) is 0.316. The van der Waals surface area contributed by atoms with Gasteiger partial charge in [-0.1, -0.05) is 54.6 Å². The van der Waals surface area contributed by atoms with Gasteiger partial charge in [0.15, 0.2) is 9.84 Å². The van der Waals surface area contributed by atoms with Gasteiger partial charge >= 0.3 is 0 Å². The van der Waals surface area contributed by atoms with E-state index in [-0.39, 0.29) is 4.90 Å². The lowest BCUT2D eigenvalue weighted by molar-refractivity contribution is 0.132. The first-order valence-corrected chi connectivity index (χ1v) is 18.6. The van der Waals surface area contributed by atoms with Gasteiger partial charge in [0.05, 0.1) is 28.9 Å². The highest BCUT2D eigenvalue weighted by atomic mass is 32.2. The van der Waals surface area contributed by atoms with E-state index >= 15 is 0 Å². The van der Waals surface area contributed by atoms with Crippen molar-refractivity contribution in [2.45, 2.75) is 42.5 Å². The number of benzene rings is 4. The summed E-state index contributed by atoms with van der Waals surface area (Å²) < 4.78 is 30.8. The van der Waals surface area contributed by atoms with Crippen LogP contribution in [0.5, 0.6) is 5.75 Å². The SMILES string of the molecule is COc1cc(N2CCC(N3CCC(c4ccccc4)CC3)CC2)ccc1Nc1nc(Nc2ccccc2S(C)(=O)=O)c2ccccc2n1. The molecule has 0 unspecified atom stereocenters. The monoisotopic (exact) mass is 662 g/mol. The number of methoxy groups -OCH3 is 1. The molecular weight excluding hydrogens is 621 g/mol. The molecule has 248 valence electrons. The van der Waals surface area contributed by atoms with Crippen LogP contribution in [0, 0.1) is 0 Å². The maximum atomic E-state index is 12.5. The molecular formula is C38H42N6O3S. The van der Waals surface area contributed by atoms with Crippen LogP contribution >= 0.6 is 0 Å². The number of anilines is 5. The predicted molar refractivity (Wildman–Crippen MR) is 194 cm³/mol. The molecule has 0 aliphatic carbocycles. The van der Waals surface area contributed by atoms with Gasteiger partial charge in [0, 0.05) is 42.5 Å². The van der Waals surface area contributed by atoms with E-state index in [1.54, 1.807) is 31.4 Å². The molecule has 2 saturated heterocycles. The second-order valence-electron chi connectivity index (χ2n) is 12.8. The van der Waals surface area contributed by atoms with Crippen molar-refractivity contribution in [2.24, 2.45) is 0 Å². The average molecular weight is 663 g/mol. The average Bonchev–Trinajstić information content (AvgIpc) is 3.12. The number of hydrogen-bond acceptors (Lipinski definition) is 9. The van der Waals surface area contributed by atoms with Crippen LogP contribution in [0.4, 0.5) is 28.8 Å². The lowest BCUT2D eigenvalue weighted by Gasteiger charge is -2.42. The zero-order valence-electron chi connectivity index (χ0n) is 27.5. The summed E-state index contributed by atoms with van der Waals surface area (Å²) in [6.07, 6.45) is 5.99. The first-order valence-electron chi connectivity index (χ1n) is 16.7. The highest BCUT2D eigenvalue weighted by Crippen LogP contribution is 2.36. The zero-order valence-corrected chi connectivity index (χ0v) is 28.3. The Balaban J connectivity index is 1.04. The van der Waals surface area contributed by atoms with E-state index in [0.717, 1.165) is 48.2 Å². The minimum Gasteiger partial charge on any atom is -0.494 e. The van der Waals surface area contributed by atoms with Gasteiger partial charge in [-0.25, -0.2) is 13.4 Å². The molecule has 7 rings (SSSR count). The Labute approximate surface area is 282 Å². The maximum Gasteiger partial charge on any atom is 0.229 e. The Hall–Kier alpha value is -4.67. The van der Waals surface area contributed by atoms with Gasteiger partial charge in [-0.05, 0) is 86.7 Å². The summed E-state index contributed by atoms with van der Waals surface area (Å²) in [5.41, 5.74) is 4.54. The predicted octanol–water partition coefficient (Wildman–Crippen LogP) is 7.38. The number of aromatic nitrogens is 2. The molecule has 3 heterocycles. The molecule has 0 spiro atoms. The smallest absolute Gasteiger partial charge is 0.229 e. The summed E-state index contributed by atoms with van der Waals surface area (Å²) in [6.45, 7) is 4.38. The van der Waals surface area contributed by atoms with E-state index < -0.39 is 9.84 Å². The molecule has 48 heavy (non-hydrogen) atoms. The number of para-hydroxylation sites is 2. The molecule has 10 heteroatoms. The number of likely N-dealkylation sites (tertiary alicyclic amines) is 1. The van der Waals surface area contributed by atoms with Crippen LogP contribution in [0.25, 0.3) is 10.9 Å². The highest BCUT2D eigenvalue weighted by Gasteiger charge is 2.29. The van der Waals surface area contributed by atoms with Gasteiger partial charge in [0.2, 0.25) is 5.95 Å². The number of nitrogens with one attached hydrogen (secondary N) is 2. The Kier molecular flexibility index (Phi) is 9.19. The second kappa shape index (κ2) is 13.8. The number of piperidine rings is 2. The fourth-order valence-electron chi connectivity index (χ4n) is 7.16. The van der Waals surface area contributed by atoms with Crippen LogP contribution in [0.2, 0.25) is 0 Å². The van der Waals surface area contributed by atoms with Crippen molar-refractivity contribution in [3.05, 3.63) is 103 Å². The van der Waals surface area contributed by atoms with E-state index in [1.165, 1.54) is 37.8 Å². The molecule has 2 N–H and O–H groups in total. The van der Waals surface area contributed by atoms with Crippen molar-refractivity contribution >= 4 is 49.6 Å². The second-order valence-corrected chi connectivity index (χ2v) is 14.7. The Bertz CT molecular complexity index is 1990. The summed E-state index contributed by atoms with van der Waals surface area (Å²) in [4.78, 5) is 14.9. The minimum atomic E-state index is -3.45. The van der Waals surface area contributed by atoms with Gasteiger partial charge < -0.3 is 25.2 Å². The summed E-state index contributed by atoms with van der Waals surface area (Å²) >= 11 is 0. The third-order valence-corrected chi connectivity index (χ3v) is 10.9. The largest absolute Gasteiger partial charge is 0.494 e. The summed E-state index contributed by atoms with van der Waals surface area (Å²) in [7, 11) is -1.78. The number of nitrogens with zero attached hydrogens (tertiary/aromatic N) is 4. The first-order chi connectivity index (χ1) is 23.4. The third kappa shape index (κ3) is 6.95. The van der Waals surface area contributed by atoms with Gasteiger partial charge in [-0.2, -0.15) is 4.98 Å². The number of sulfone groups is 1. The van der Waals surface area contributed by atoms with Crippen molar-refractivity contribution in [3.63, 3.8) is 0 Å². The lowest BCUT2D eigenvalue weighted by Crippen LogP contribution is -2.47. The van der Waals surface area contributed by atoms with Crippen LogP contribution in [0.3, 0.4) is 0 Å². The van der Waals surface area contributed by atoms with Crippen LogP contribution in [-0.2, 0) is 9.84 Å². The molecule has 0 radical (unpaired) electrons. The standard InChI is InChI=1S/C38H42N6O3S/c1-47-35-26-30(44-24-20-29(21-25-44)43-22-18-28(19-23-43)27-10-4-3-5-11-27)16-17-33(35)41-38-40-32-13-7-6-12-31(32)37(42-38)39-34-14-8-9-15-36(34)48(2,45)46/h3-17,26,28-29H,18-25H2,1-2H3,(H2,39,40,41,42). The Morgan fingerprint density at radius 2 is 1.46 bits per heavy atom. The normalized spacial score (nSPS) is 16.6. The van der Waals surface area contributed by atoms with Crippen LogP contribution in [-0.4, -0.2) is 68.9 Å². The molecule has 2 aliphatic heterocycles. The molecule has 4 aromatic carbocycles. The van der Waals surface area contributed by atoms with E-state index in [0.29, 0.717) is 35.2 Å². The quantitative estimate of drug-likeness (QED) is 0.168.